The summed E-state index contributed by atoms with van der Waals surface area (Å²) in [5.74, 6) is 0.770. The van der Waals surface area contributed by atoms with Gasteiger partial charge in [0.05, 0.1) is 11.3 Å². The monoisotopic (exact) mass is 380 g/mol. The minimum absolute atomic E-state index is 0.0372. The fourth-order valence-electron chi connectivity index (χ4n) is 3.80. The number of rotatable bonds is 3. The maximum Gasteiger partial charge on any atom is 0.257 e. The molecule has 1 aromatic carbocycles. The smallest absolute Gasteiger partial charge is 0.257 e. The molecule has 0 bridgehead atoms. The van der Waals surface area contributed by atoms with E-state index in [2.05, 4.69) is 56.0 Å². The number of benzene rings is 1. The number of aromatic nitrogens is 2. The molecular formula is C21H28N6O. The Morgan fingerprint density at radius 1 is 0.893 bits per heavy atom. The van der Waals surface area contributed by atoms with Gasteiger partial charge in [-0.2, -0.15) is 0 Å². The Balaban J connectivity index is 1.40. The molecule has 0 saturated carbocycles. The number of para-hydroxylation sites is 1. The molecule has 0 spiro atoms. The Morgan fingerprint density at radius 2 is 1.54 bits per heavy atom. The second-order valence-electron chi connectivity index (χ2n) is 7.57. The van der Waals surface area contributed by atoms with Crippen molar-refractivity contribution in [3.05, 3.63) is 47.8 Å². The molecule has 3 heterocycles. The number of piperazine rings is 2. The van der Waals surface area contributed by atoms with Gasteiger partial charge in [-0.15, -0.1) is 0 Å². The molecule has 0 aliphatic carbocycles. The van der Waals surface area contributed by atoms with Gasteiger partial charge in [0.25, 0.3) is 5.91 Å². The third-order valence-electron chi connectivity index (χ3n) is 5.67. The average Bonchev–Trinajstić information content (AvgIpc) is 2.74. The number of nitrogens with zero attached hydrogens (tertiary/aromatic N) is 6. The number of likely N-dealkylation sites (N-methyl/N-ethyl adjacent to an activating group) is 1. The van der Waals surface area contributed by atoms with E-state index in [1.807, 2.05) is 17.9 Å². The van der Waals surface area contributed by atoms with Crippen LogP contribution in [0.15, 0.2) is 36.5 Å². The van der Waals surface area contributed by atoms with Crippen LogP contribution in [-0.4, -0.2) is 85.1 Å². The van der Waals surface area contributed by atoms with Gasteiger partial charge in [0, 0.05) is 64.2 Å². The first-order valence-electron chi connectivity index (χ1n) is 9.98. The Kier molecular flexibility index (Phi) is 5.43. The summed E-state index contributed by atoms with van der Waals surface area (Å²) in [7, 11) is 2.13. The highest BCUT2D eigenvalue weighted by Gasteiger charge is 2.25. The van der Waals surface area contributed by atoms with Crippen molar-refractivity contribution in [3.8, 4) is 0 Å². The molecule has 0 radical (unpaired) electrons. The number of aryl methyl sites for hydroxylation is 1. The molecule has 2 saturated heterocycles. The van der Waals surface area contributed by atoms with Gasteiger partial charge in [-0.3, -0.25) is 4.79 Å². The Morgan fingerprint density at radius 3 is 2.18 bits per heavy atom. The largest absolute Gasteiger partial charge is 0.368 e. The molecule has 148 valence electrons. The molecular weight excluding hydrogens is 352 g/mol. The van der Waals surface area contributed by atoms with Crippen molar-refractivity contribution in [1.82, 2.24) is 19.8 Å². The Bertz CT molecular complexity index is 811. The fraction of sp³-hybridized carbons (Fsp3) is 0.476. The lowest BCUT2D eigenvalue weighted by atomic mass is 10.2. The van der Waals surface area contributed by atoms with Crippen LogP contribution in [0.4, 0.5) is 11.6 Å². The zero-order chi connectivity index (χ0) is 19.5. The van der Waals surface area contributed by atoms with Crippen LogP contribution >= 0.6 is 0 Å². The molecule has 2 aliphatic heterocycles. The molecule has 7 heteroatoms. The second kappa shape index (κ2) is 8.14. The van der Waals surface area contributed by atoms with Crippen molar-refractivity contribution in [3.63, 3.8) is 0 Å². The van der Waals surface area contributed by atoms with Gasteiger partial charge in [-0.05, 0) is 26.1 Å². The molecule has 2 aromatic rings. The number of hydrogen-bond donors (Lipinski definition) is 0. The predicted octanol–water partition coefficient (Wildman–Crippen LogP) is 1.50. The predicted molar refractivity (Wildman–Crippen MR) is 111 cm³/mol. The minimum Gasteiger partial charge on any atom is -0.368 e. The molecule has 0 atom stereocenters. The van der Waals surface area contributed by atoms with Crippen LogP contribution in [0.5, 0.6) is 0 Å². The minimum atomic E-state index is 0.0372. The molecule has 1 aromatic heterocycles. The van der Waals surface area contributed by atoms with E-state index in [9.17, 15) is 4.79 Å². The van der Waals surface area contributed by atoms with E-state index in [1.54, 1.807) is 6.20 Å². The zero-order valence-corrected chi connectivity index (χ0v) is 16.7. The number of hydrogen-bond acceptors (Lipinski definition) is 6. The van der Waals surface area contributed by atoms with Gasteiger partial charge in [0.2, 0.25) is 5.95 Å². The fourth-order valence-corrected chi connectivity index (χ4v) is 3.80. The highest BCUT2D eigenvalue weighted by molar-refractivity contribution is 5.95. The van der Waals surface area contributed by atoms with E-state index in [0.29, 0.717) is 18.7 Å². The maximum atomic E-state index is 13.0. The van der Waals surface area contributed by atoms with E-state index in [0.717, 1.165) is 50.9 Å². The lowest BCUT2D eigenvalue weighted by molar-refractivity contribution is 0.0745. The summed E-state index contributed by atoms with van der Waals surface area (Å²) in [4.78, 5) is 30.9. The van der Waals surface area contributed by atoms with Crippen LogP contribution in [0.25, 0.3) is 0 Å². The first kappa shape index (κ1) is 18.7. The van der Waals surface area contributed by atoms with Gasteiger partial charge < -0.3 is 19.6 Å². The number of carbonyl (C=O) groups excluding carboxylic acids is 1. The molecule has 28 heavy (non-hydrogen) atoms. The van der Waals surface area contributed by atoms with Crippen LogP contribution in [0.1, 0.15) is 16.1 Å². The van der Waals surface area contributed by atoms with Crippen LogP contribution < -0.4 is 9.80 Å². The molecule has 2 aliphatic rings. The lowest BCUT2D eigenvalue weighted by Gasteiger charge is -2.36. The standard InChI is InChI=1S/C21H28N6O/c1-17-19(16-22-21(23-17)27-10-8-24(2)9-11-27)20(28)26-14-12-25(13-15-26)18-6-4-3-5-7-18/h3-7,16H,8-15H2,1-2H3. The lowest BCUT2D eigenvalue weighted by Crippen LogP contribution is -2.49. The zero-order valence-electron chi connectivity index (χ0n) is 16.7. The average molecular weight is 380 g/mol. The van der Waals surface area contributed by atoms with Crippen LogP contribution in [0.3, 0.4) is 0 Å². The normalized spacial score (nSPS) is 18.4. The molecule has 1 amide bonds. The van der Waals surface area contributed by atoms with E-state index in [1.165, 1.54) is 5.69 Å². The first-order valence-corrected chi connectivity index (χ1v) is 9.98. The topological polar surface area (TPSA) is 55.8 Å². The van der Waals surface area contributed by atoms with E-state index in [4.69, 9.17) is 0 Å². The number of anilines is 2. The van der Waals surface area contributed by atoms with E-state index in [-0.39, 0.29) is 5.91 Å². The molecule has 4 rings (SSSR count). The Labute approximate surface area is 166 Å². The van der Waals surface area contributed by atoms with Crippen molar-refractivity contribution >= 4 is 17.5 Å². The molecule has 2 fully saturated rings. The van der Waals surface area contributed by atoms with Gasteiger partial charge in [0.15, 0.2) is 0 Å². The molecule has 7 nitrogen and oxygen atoms in total. The summed E-state index contributed by atoms with van der Waals surface area (Å²) in [5, 5.41) is 0. The van der Waals surface area contributed by atoms with Gasteiger partial charge >= 0.3 is 0 Å². The Hall–Kier alpha value is -2.67. The van der Waals surface area contributed by atoms with Crippen molar-refractivity contribution in [2.24, 2.45) is 0 Å². The van der Waals surface area contributed by atoms with Gasteiger partial charge in [-0.1, -0.05) is 18.2 Å². The summed E-state index contributed by atoms with van der Waals surface area (Å²) >= 11 is 0. The summed E-state index contributed by atoms with van der Waals surface area (Å²) in [6, 6.07) is 10.4. The van der Waals surface area contributed by atoms with Gasteiger partial charge in [-0.25, -0.2) is 9.97 Å². The number of amides is 1. The van der Waals surface area contributed by atoms with Crippen molar-refractivity contribution in [2.75, 3.05) is 69.2 Å². The van der Waals surface area contributed by atoms with Crippen LogP contribution in [-0.2, 0) is 0 Å². The van der Waals surface area contributed by atoms with Crippen LogP contribution in [0, 0.1) is 6.92 Å². The summed E-state index contributed by atoms with van der Waals surface area (Å²) in [5.41, 5.74) is 2.59. The van der Waals surface area contributed by atoms with E-state index >= 15 is 0 Å². The first-order chi connectivity index (χ1) is 13.6. The second-order valence-corrected chi connectivity index (χ2v) is 7.57. The summed E-state index contributed by atoms with van der Waals surface area (Å²) < 4.78 is 0. The van der Waals surface area contributed by atoms with Crippen molar-refractivity contribution in [1.29, 1.82) is 0 Å². The third kappa shape index (κ3) is 3.94. The molecule has 0 N–H and O–H groups in total. The highest BCUT2D eigenvalue weighted by Crippen LogP contribution is 2.19. The SMILES string of the molecule is Cc1nc(N2CCN(C)CC2)ncc1C(=O)N1CCN(c2ccccc2)CC1. The highest BCUT2D eigenvalue weighted by atomic mass is 16.2. The van der Waals surface area contributed by atoms with E-state index < -0.39 is 0 Å². The molecule has 0 unspecified atom stereocenters. The van der Waals surface area contributed by atoms with Gasteiger partial charge in [0.1, 0.15) is 0 Å². The van der Waals surface area contributed by atoms with Crippen molar-refractivity contribution in [2.45, 2.75) is 6.92 Å². The van der Waals surface area contributed by atoms with Crippen LogP contribution in [0.2, 0.25) is 0 Å². The summed E-state index contributed by atoms with van der Waals surface area (Å²) in [6.07, 6.45) is 1.71. The number of carbonyl (C=O) groups is 1. The summed E-state index contributed by atoms with van der Waals surface area (Å²) in [6.45, 7) is 8.89. The quantitative estimate of drug-likeness (QED) is 0.804. The third-order valence-corrected chi connectivity index (χ3v) is 5.67. The van der Waals surface area contributed by atoms with Crippen molar-refractivity contribution < 1.29 is 4.79 Å². The maximum absolute atomic E-state index is 13.0.